The van der Waals surface area contributed by atoms with E-state index in [1.165, 1.54) is 18.4 Å². The number of hydrogen-bond donors (Lipinski definition) is 0. The Balaban J connectivity index is 2.29. The number of carbonyl (C=O) groups is 1. The Bertz CT molecular complexity index is 558. The predicted molar refractivity (Wildman–Crippen MR) is 80.9 cm³/mol. The summed E-state index contributed by atoms with van der Waals surface area (Å²) in [7, 11) is 0. The van der Waals surface area contributed by atoms with Gasteiger partial charge in [0, 0.05) is 10.6 Å². The molecule has 2 aromatic carbocycles. The quantitative estimate of drug-likeness (QED) is 0.687. The number of rotatable bonds is 5. The molecule has 0 bridgehead atoms. The number of aldehydes is 1. The maximum Gasteiger partial charge on any atom is 0.150 e. The fraction of sp³-hybridized carbons (Fsp3) is 0.235. The van der Waals surface area contributed by atoms with Crippen molar-refractivity contribution in [2.75, 3.05) is 0 Å². The van der Waals surface area contributed by atoms with Crippen molar-refractivity contribution in [3.8, 4) is 11.1 Å². The topological polar surface area (TPSA) is 17.1 Å². The van der Waals surface area contributed by atoms with Crippen LogP contribution in [0.2, 0.25) is 5.02 Å². The minimum absolute atomic E-state index is 0.588. The molecule has 0 N–H and O–H groups in total. The maximum atomic E-state index is 11.1. The number of unbranched alkanes of at least 4 members (excludes halogenated alkanes) is 1. The minimum atomic E-state index is 0.588. The fourth-order valence-electron chi connectivity index (χ4n) is 2.13. The van der Waals surface area contributed by atoms with Crippen LogP contribution in [0.3, 0.4) is 0 Å². The molecule has 0 spiro atoms. The van der Waals surface area contributed by atoms with Gasteiger partial charge in [0.2, 0.25) is 0 Å². The molecule has 19 heavy (non-hydrogen) atoms. The average molecular weight is 273 g/mol. The van der Waals surface area contributed by atoms with Gasteiger partial charge in [0.25, 0.3) is 0 Å². The van der Waals surface area contributed by atoms with Crippen LogP contribution in [0.4, 0.5) is 0 Å². The molecular formula is C17H17ClO. The molecule has 0 amide bonds. The number of halogens is 1. The molecule has 0 aliphatic carbocycles. The highest BCUT2D eigenvalue weighted by molar-refractivity contribution is 6.31. The molecule has 2 rings (SSSR count). The average Bonchev–Trinajstić information content (AvgIpc) is 2.45. The van der Waals surface area contributed by atoms with Crippen molar-refractivity contribution in [3.05, 3.63) is 58.6 Å². The lowest BCUT2D eigenvalue weighted by molar-refractivity contribution is 0.112. The van der Waals surface area contributed by atoms with Crippen molar-refractivity contribution in [3.63, 3.8) is 0 Å². The summed E-state index contributed by atoms with van der Waals surface area (Å²) in [6.45, 7) is 2.19. The number of carbonyl (C=O) groups excluding carboxylic acids is 1. The smallest absolute Gasteiger partial charge is 0.150 e. The molecule has 0 radical (unpaired) electrons. The summed E-state index contributed by atoms with van der Waals surface area (Å²) in [5.41, 5.74) is 3.96. The van der Waals surface area contributed by atoms with E-state index < -0.39 is 0 Å². The van der Waals surface area contributed by atoms with Crippen molar-refractivity contribution >= 4 is 17.9 Å². The first-order valence-corrected chi connectivity index (χ1v) is 6.96. The number of hydrogen-bond acceptors (Lipinski definition) is 1. The van der Waals surface area contributed by atoms with Crippen LogP contribution in [-0.4, -0.2) is 6.29 Å². The molecule has 0 aliphatic heterocycles. The van der Waals surface area contributed by atoms with E-state index in [0.29, 0.717) is 10.6 Å². The van der Waals surface area contributed by atoms with Gasteiger partial charge in [-0.1, -0.05) is 55.3 Å². The molecule has 0 aromatic heterocycles. The van der Waals surface area contributed by atoms with Crippen molar-refractivity contribution in [1.29, 1.82) is 0 Å². The monoisotopic (exact) mass is 272 g/mol. The van der Waals surface area contributed by atoms with E-state index in [2.05, 4.69) is 31.2 Å². The number of aryl methyl sites for hydroxylation is 1. The Morgan fingerprint density at radius 1 is 1.11 bits per heavy atom. The zero-order valence-electron chi connectivity index (χ0n) is 11.0. The van der Waals surface area contributed by atoms with E-state index in [0.717, 1.165) is 23.8 Å². The van der Waals surface area contributed by atoms with E-state index in [-0.39, 0.29) is 0 Å². The summed E-state index contributed by atoms with van der Waals surface area (Å²) < 4.78 is 0. The van der Waals surface area contributed by atoms with Gasteiger partial charge >= 0.3 is 0 Å². The molecular weight excluding hydrogens is 256 g/mol. The van der Waals surface area contributed by atoms with Gasteiger partial charge < -0.3 is 0 Å². The molecule has 2 aromatic rings. The van der Waals surface area contributed by atoms with Crippen molar-refractivity contribution in [2.24, 2.45) is 0 Å². The van der Waals surface area contributed by atoms with E-state index in [9.17, 15) is 4.79 Å². The minimum Gasteiger partial charge on any atom is -0.298 e. The van der Waals surface area contributed by atoms with Gasteiger partial charge in [0.15, 0.2) is 6.29 Å². The second kappa shape index (κ2) is 6.53. The highest BCUT2D eigenvalue weighted by Crippen LogP contribution is 2.26. The zero-order valence-corrected chi connectivity index (χ0v) is 11.8. The van der Waals surface area contributed by atoms with Gasteiger partial charge in [-0.05, 0) is 41.7 Å². The molecule has 0 aliphatic rings. The Hall–Kier alpha value is -1.60. The molecule has 98 valence electrons. The van der Waals surface area contributed by atoms with Crippen LogP contribution in [0.1, 0.15) is 35.7 Å². The molecule has 0 saturated carbocycles. The molecule has 0 saturated heterocycles. The predicted octanol–water partition coefficient (Wildman–Crippen LogP) is 5.16. The first-order valence-electron chi connectivity index (χ1n) is 6.58. The fourth-order valence-corrected chi connectivity index (χ4v) is 2.31. The van der Waals surface area contributed by atoms with Crippen LogP contribution in [0, 0.1) is 0 Å². The highest BCUT2D eigenvalue weighted by Gasteiger charge is 2.05. The Labute approximate surface area is 119 Å². The third kappa shape index (κ3) is 3.45. The van der Waals surface area contributed by atoms with E-state index in [1.807, 2.05) is 12.1 Å². The highest BCUT2D eigenvalue weighted by atomic mass is 35.5. The molecule has 0 unspecified atom stereocenters. The molecule has 1 nitrogen and oxygen atoms in total. The Kier molecular flexibility index (Phi) is 4.75. The van der Waals surface area contributed by atoms with Gasteiger partial charge in [-0.25, -0.2) is 0 Å². The van der Waals surface area contributed by atoms with E-state index in [4.69, 9.17) is 11.6 Å². The van der Waals surface area contributed by atoms with Gasteiger partial charge in [-0.2, -0.15) is 0 Å². The summed E-state index contributed by atoms with van der Waals surface area (Å²) in [4.78, 5) is 11.1. The normalized spacial score (nSPS) is 10.4. The van der Waals surface area contributed by atoms with Crippen LogP contribution >= 0.6 is 11.6 Å². The summed E-state index contributed by atoms with van der Waals surface area (Å²) >= 11 is 5.91. The summed E-state index contributed by atoms with van der Waals surface area (Å²) in [6, 6.07) is 13.8. The third-order valence-corrected chi connectivity index (χ3v) is 3.46. The summed E-state index contributed by atoms with van der Waals surface area (Å²) in [6.07, 6.45) is 4.37. The SMILES string of the molecule is CCCCc1ccc(-c2ccc(Cl)cc2C=O)cc1. The van der Waals surface area contributed by atoms with Crippen LogP contribution in [0.5, 0.6) is 0 Å². The van der Waals surface area contributed by atoms with Crippen molar-refractivity contribution in [2.45, 2.75) is 26.2 Å². The van der Waals surface area contributed by atoms with E-state index in [1.54, 1.807) is 6.07 Å². The summed E-state index contributed by atoms with van der Waals surface area (Å²) in [5.74, 6) is 0. The lowest BCUT2D eigenvalue weighted by atomic mass is 9.98. The largest absolute Gasteiger partial charge is 0.298 e. The molecule has 0 fully saturated rings. The van der Waals surface area contributed by atoms with Crippen LogP contribution in [0.15, 0.2) is 42.5 Å². The lowest BCUT2D eigenvalue weighted by Crippen LogP contribution is -1.89. The third-order valence-electron chi connectivity index (χ3n) is 3.22. The van der Waals surface area contributed by atoms with Gasteiger partial charge in [-0.3, -0.25) is 4.79 Å². The standard InChI is InChI=1S/C17H17ClO/c1-2-3-4-13-5-7-14(8-6-13)17-10-9-16(18)11-15(17)12-19/h5-12H,2-4H2,1H3. The first-order chi connectivity index (χ1) is 9.24. The Morgan fingerprint density at radius 3 is 2.47 bits per heavy atom. The first kappa shape index (κ1) is 13.8. The molecule has 0 atom stereocenters. The number of benzene rings is 2. The molecule has 2 heteroatoms. The maximum absolute atomic E-state index is 11.1. The van der Waals surface area contributed by atoms with E-state index >= 15 is 0 Å². The second-order valence-electron chi connectivity index (χ2n) is 4.65. The van der Waals surface area contributed by atoms with Gasteiger partial charge in [0.1, 0.15) is 0 Å². The van der Waals surface area contributed by atoms with Crippen LogP contribution in [0.25, 0.3) is 11.1 Å². The lowest BCUT2D eigenvalue weighted by Gasteiger charge is -2.07. The van der Waals surface area contributed by atoms with Gasteiger partial charge in [-0.15, -0.1) is 0 Å². The van der Waals surface area contributed by atoms with Crippen LogP contribution in [-0.2, 0) is 6.42 Å². The molecule has 0 heterocycles. The Morgan fingerprint density at radius 2 is 1.84 bits per heavy atom. The van der Waals surface area contributed by atoms with Gasteiger partial charge in [0.05, 0.1) is 0 Å². The van der Waals surface area contributed by atoms with Crippen molar-refractivity contribution < 1.29 is 4.79 Å². The van der Waals surface area contributed by atoms with Crippen LogP contribution < -0.4 is 0 Å². The van der Waals surface area contributed by atoms with Crippen molar-refractivity contribution in [1.82, 2.24) is 0 Å². The second-order valence-corrected chi connectivity index (χ2v) is 5.09. The zero-order chi connectivity index (χ0) is 13.7. The summed E-state index contributed by atoms with van der Waals surface area (Å²) in [5, 5.41) is 0.588.